The van der Waals surface area contributed by atoms with Crippen molar-refractivity contribution in [2.45, 2.75) is 13.3 Å². The normalized spacial score (nSPS) is 17.2. The SMILES string of the molecule is CCC1=NC(SC)=NC1=O. The lowest BCUT2D eigenvalue weighted by atomic mass is 10.3. The van der Waals surface area contributed by atoms with Gasteiger partial charge in [0.1, 0.15) is 5.71 Å². The first-order chi connectivity index (χ1) is 4.77. The van der Waals surface area contributed by atoms with Crippen LogP contribution in [0.4, 0.5) is 0 Å². The number of carbonyl (C=O) groups excluding carboxylic acids is 1. The maximum absolute atomic E-state index is 10.8. The first kappa shape index (κ1) is 7.47. The molecule has 4 heteroatoms. The Morgan fingerprint density at radius 2 is 2.20 bits per heavy atom. The summed E-state index contributed by atoms with van der Waals surface area (Å²) in [6.45, 7) is 1.90. The molecule has 54 valence electrons. The van der Waals surface area contributed by atoms with Crippen molar-refractivity contribution in [1.29, 1.82) is 0 Å². The Labute approximate surface area is 63.6 Å². The van der Waals surface area contributed by atoms with E-state index in [9.17, 15) is 4.79 Å². The Bertz CT molecular complexity index is 215. The molecule has 1 rings (SSSR count). The van der Waals surface area contributed by atoms with Crippen molar-refractivity contribution in [3.05, 3.63) is 0 Å². The number of nitrogens with zero attached hydrogens (tertiary/aromatic N) is 2. The predicted octanol–water partition coefficient (Wildman–Crippen LogP) is 1.10. The second-order valence-electron chi connectivity index (χ2n) is 1.82. The van der Waals surface area contributed by atoms with Gasteiger partial charge in [-0.15, -0.1) is 0 Å². The molecule has 1 aliphatic rings. The lowest BCUT2D eigenvalue weighted by molar-refractivity contribution is -0.111. The Morgan fingerprint density at radius 1 is 1.50 bits per heavy atom. The van der Waals surface area contributed by atoms with Gasteiger partial charge in [-0.25, -0.2) is 4.99 Å². The van der Waals surface area contributed by atoms with Crippen molar-refractivity contribution < 1.29 is 4.79 Å². The van der Waals surface area contributed by atoms with Gasteiger partial charge in [-0.3, -0.25) is 4.79 Å². The Hall–Kier alpha value is -0.640. The van der Waals surface area contributed by atoms with Crippen LogP contribution in [0.15, 0.2) is 9.98 Å². The quantitative estimate of drug-likeness (QED) is 0.570. The van der Waals surface area contributed by atoms with Gasteiger partial charge in [-0.1, -0.05) is 18.7 Å². The molecular formula is C6H8N2OS. The van der Waals surface area contributed by atoms with Crippen LogP contribution in [0, 0.1) is 0 Å². The van der Waals surface area contributed by atoms with Gasteiger partial charge in [0.15, 0.2) is 5.17 Å². The summed E-state index contributed by atoms with van der Waals surface area (Å²) in [5.41, 5.74) is 0.573. The lowest BCUT2D eigenvalue weighted by Crippen LogP contribution is -2.04. The van der Waals surface area contributed by atoms with E-state index in [1.165, 1.54) is 11.8 Å². The summed E-state index contributed by atoms with van der Waals surface area (Å²) in [6, 6.07) is 0. The van der Waals surface area contributed by atoms with Crippen molar-refractivity contribution in [2.24, 2.45) is 9.98 Å². The Morgan fingerprint density at radius 3 is 2.50 bits per heavy atom. The number of aliphatic imine (C=N–C) groups is 2. The molecule has 0 saturated carbocycles. The summed E-state index contributed by atoms with van der Waals surface area (Å²) in [6.07, 6.45) is 2.53. The van der Waals surface area contributed by atoms with E-state index in [-0.39, 0.29) is 5.91 Å². The molecule has 0 aromatic rings. The predicted molar refractivity (Wildman–Crippen MR) is 43.7 cm³/mol. The number of carbonyl (C=O) groups is 1. The highest BCUT2D eigenvalue weighted by atomic mass is 32.2. The summed E-state index contributed by atoms with van der Waals surface area (Å²) >= 11 is 1.40. The third kappa shape index (κ3) is 1.26. The molecule has 0 aromatic carbocycles. The second kappa shape index (κ2) is 2.96. The van der Waals surface area contributed by atoms with Crippen molar-refractivity contribution >= 4 is 28.5 Å². The molecule has 1 heterocycles. The summed E-state index contributed by atoms with van der Waals surface area (Å²) < 4.78 is 0. The minimum absolute atomic E-state index is 0.174. The first-order valence-corrected chi connectivity index (χ1v) is 4.25. The maximum Gasteiger partial charge on any atom is 0.293 e. The van der Waals surface area contributed by atoms with Gasteiger partial charge in [-0.05, 0) is 12.7 Å². The minimum atomic E-state index is -0.174. The zero-order chi connectivity index (χ0) is 7.56. The molecule has 0 N–H and O–H groups in total. The highest BCUT2D eigenvalue weighted by Crippen LogP contribution is 2.09. The van der Waals surface area contributed by atoms with Gasteiger partial charge in [0, 0.05) is 0 Å². The van der Waals surface area contributed by atoms with Crippen LogP contribution >= 0.6 is 11.8 Å². The van der Waals surface area contributed by atoms with Crippen molar-refractivity contribution in [3.8, 4) is 0 Å². The van der Waals surface area contributed by atoms with Gasteiger partial charge < -0.3 is 0 Å². The molecule has 0 radical (unpaired) electrons. The molecule has 0 unspecified atom stereocenters. The van der Waals surface area contributed by atoms with Crippen LogP contribution in [0.2, 0.25) is 0 Å². The van der Waals surface area contributed by atoms with Crippen LogP contribution < -0.4 is 0 Å². The van der Waals surface area contributed by atoms with Gasteiger partial charge in [0.25, 0.3) is 5.91 Å². The highest BCUT2D eigenvalue weighted by Gasteiger charge is 2.16. The molecule has 1 aliphatic heterocycles. The number of amidine groups is 1. The number of hydrogen-bond acceptors (Lipinski definition) is 3. The lowest BCUT2D eigenvalue weighted by Gasteiger charge is -1.85. The zero-order valence-electron chi connectivity index (χ0n) is 5.92. The number of thioether (sulfide) groups is 1. The summed E-state index contributed by atoms with van der Waals surface area (Å²) in [4.78, 5) is 18.5. The van der Waals surface area contributed by atoms with Crippen molar-refractivity contribution in [1.82, 2.24) is 0 Å². The fourth-order valence-electron chi connectivity index (χ4n) is 0.661. The molecule has 0 aromatic heterocycles. The summed E-state index contributed by atoms with van der Waals surface area (Å²) in [5.74, 6) is -0.174. The average Bonchev–Trinajstić information content (AvgIpc) is 2.30. The number of hydrogen-bond donors (Lipinski definition) is 0. The van der Waals surface area contributed by atoms with E-state index in [1.54, 1.807) is 0 Å². The van der Waals surface area contributed by atoms with Crippen LogP contribution in [0.25, 0.3) is 0 Å². The van der Waals surface area contributed by atoms with Crippen molar-refractivity contribution in [3.63, 3.8) is 0 Å². The molecule has 1 amide bonds. The van der Waals surface area contributed by atoms with E-state index < -0.39 is 0 Å². The van der Waals surface area contributed by atoms with E-state index in [4.69, 9.17) is 0 Å². The molecule has 3 nitrogen and oxygen atoms in total. The molecule has 0 atom stereocenters. The van der Waals surface area contributed by atoms with E-state index in [1.807, 2.05) is 13.2 Å². The van der Waals surface area contributed by atoms with Crippen LogP contribution in [0.1, 0.15) is 13.3 Å². The largest absolute Gasteiger partial charge is 0.293 e. The first-order valence-electron chi connectivity index (χ1n) is 3.02. The summed E-state index contributed by atoms with van der Waals surface area (Å²) in [7, 11) is 0. The summed E-state index contributed by atoms with van der Waals surface area (Å²) in [5, 5.41) is 0.585. The van der Waals surface area contributed by atoms with E-state index in [2.05, 4.69) is 9.98 Å². The van der Waals surface area contributed by atoms with Gasteiger partial charge >= 0.3 is 0 Å². The topological polar surface area (TPSA) is 41.8 Å². The standard InChI is InChI=1S/C6H8N2OS/c1-3-4-5(9)8-6(7-4)10-2/h3H2,1-2H3. The van der Waals surface area contributed by atoms with Gasteiger partial charge in [-0.2, -0.15) is 4.99 Å². The molecule has 0 bridgehead atoms. The van der Waals surface area contributed by atoms with E-state index in [0.717, 1.165) is 0 Å². The molecule has 10 heavy (non-hydrogen) atoms. The van der Waals surface area contributed by atoms with E-state index >= 15 is 0 Å². The Balaban J connectivity index is 2.77. The smallest absolute Gasteiger partial charge is 0.265 e. The Kier molecular flexibility index (Phi) is 2.21. The monoisotopic (exact) mass is 156 g/mol. The molecule has 0 aliphatic carbocycles. The van der Waals surface area contributed by atoms with E-state index in [0.29, 0.717) is 17.3 Å². The maximum atomic E-state index is 10.8. The minimum Gasteiger partial charge on any atom is -0.265 e. The van der Waals surface area contributed by atoms with Crippen LogP contribution in [0.3, 0.4) is 0 Å². The average molecular weight is 156 g/mol. The molecule has 0 saturated heterocycles. The molecular weight excluding hydrogens is 148 g/mol. The van der Waals surface area contributed by atoms with Crippen LogP contribution in [-0.4, -0.2) is 23.0 Å². The zero-order valence-corrected chi connectivity index (χ0v) is 6.73. The molecule has 0 spiro atoms. The van der Waals surface area contributed by atoms with Gasteiger partial charge in [0.05, 0.1) is 0 Å². The fourth-order valence-corrected chi connectivity index (χ4v) is 1.04. The van der Waals surface area contributed by atoms with Crippen molar-refractivity contribution in [2.75, 3.05) is 6.26 Å². The third-order valence-corrected chi connectivity index (χ3v) is 1.74. The fraction of sp³-hybridized carbons (Fsp3) is 0.500. The highest BCUT2D eigenvalue weighted by molar-refractivity contribution is 8.13. The van der Waals surface area contributed by atoms with Crippen LogP contribution in [-0.2, 0) is 4.79 Å². The second-order valence-corrected chi connectivity index (χ2v) is 2.59. The molecule has 0 fully saturated rings. The third-order valence-electron chi connectivity index (χ3n) is 1.19. The number of rotatable bonds is 1. The van der Waals surface area contributed by atoms with Gasteiger partial charge in [0.2, 0.25) is 0 Å². The van der Waals surface area contributed by atoms with Crippen LogP contribution in [0.5, 0.6) is 0 Å². The number of amides is 1.